The number of hydrogen-bond acceptors (Lipinski definition) is 3. The summed E-state index contributed by atoms with van der Waals surface area (Å²) >= 11 is 0. The van der Waals surface area contributed by atoms with E-state index in [4.69, 9.17) is 5.11 Å². The predicted octanol–water partition coefficient (Wildman–Crippen LogP) is 0.441. The summed E-state index contributed by atoms with van der Waals surface area (Å²) in [4.78, 5) is 2.44. The molecule has 13 heavy (non-hydrogen) atoms. The van der Waals surface area contributed by atoms with Crippen molar-refractivity contribution >= 4 is 0 Å². The van der Waals surface area contributed by atoms with Crippen LogP contribution in [0.2, 0.25) is 0 Å². The number of aliphatic hydroxyl groups excluding tert-OH is 1. The number of nitrogens with one attached hydrogen (secondary N) is 1. The molecular weight excluding hydrogens is 164 g/mol. The number of nitrogens with zero attached hydrogens (tertiary/aromatic N) is 1. The Bertz CT molecular complexity index is 153. The van der Waals surface area contributed by atoms with Gasteiger partial charge in [0.15, 0.2) is 0 Å². The Morgan fingerprint density at radius 1 is 1.46 bits per heavy atom. The largest absolute Gasteiger partial charge is 0.395 e. The first-order valence-corrected chi connectivity index (χ1v) is 5.13. The van der Waals surface area contributed by atoms with E-state index in [1.54, 1.807) is 0 Å². The molecule has 0 bridgehead atoms. The van der Waals surface area contributed by atoms with Gasteiger partial charge in [-0.05, 0) is 40.3 Å². The first-order chi connectivity index (χ1) is 6.04. The molecule has 0 radical (unpaired) electrons. The molecule has 0 saturated carbocycles. The van der Waals surface area contributed by atoms with E-state index in [-0.39, 0.29) is 18.2 Å². The Hall–Kier alpha value is -0.120. The highest BCUT2D eigenvalue weighted by atomic mass is 16.3. The van der Waals surface area contributed by atoms with Gasteiger partial charge in [0.2, 0.25) is 0 Å². The van der Waals surface area contributed by atoms with Crippen LogP contribution < -0.4 is 5.32 Å². The molecule has 1 unspecified atom stereocenters. The number of hydrogen-bond donors (Lipinski definition) is 2. The summed E-state index contributed by atoms with van der Waals surface area (Å²) in [5.41, 5.74) is 0.222. The third-order valence-corrected chi connectivity index (χ3v) is 2.65. The Morgan fingerprint density at radius 3 is 2.69 bits per heavy atom. The van der Waals surface area contributed by atoms with E-state index in [2.05, 4.69) is 31.0 Å². The van der Waals surface area contributed by atoms with Gasteiger partial charge in [-0.2, -0.15) is 0 Å². The van der Waals surface area contributed by atoms with Crippen molar-refractivity contribution < 1.29 is 5.11 Å². The summed E-state index contributed by atoms with van der Waals surface area (Å²) in [5, 5.41) is 12.5. The fraction of sp³-hybridized carbons (Fsp3) is 1.00. The molecule has 0 spiro atoms. The van der Waals surface area contributed by atoms with Crippen LogP contribution in [0, 0.1) is 0 Å². The maximum Gasteiger partial charge on any atom is 0.0597 e. The van der Waals surface area contributed by atoms with Crippen molar-refractivity contribution in [2.24, 2.45) is 0 Å². The summed E-state index contributed by atoms with van der Waals surface area (Å²) in [6.45, 7) is 10.0. The standard InChI is InChI=1S/C10H22N2O/c1-10(2,3)12-6-4-5-11-9(7-12)8-13/h9,11,13H,4-8H2,1-3H3. The van der Waals surface area contributed by atoms with Gasteiger partial charge in [-0.25, -0.2) is 0 Å². The van der Waals surface area contributed by atoms with Gasteiger partial charge in [0.05, 0.1) is 6.61 Å². The van der Waals surface area contributed by atoms with E-state index >= 15 is 0 Å². The van der Waals surface area contributed by atoms with Gasteiger partial charge >= 0.3 is 0 Å². The average molecular weight is 186 g/mol. The zero-order valence-electron chi connectivity index (χ0n) is 9.01. The van der Waals surface area contributed by atoms with Crippen LogP contribution in [0.1, 0.15) is 27.2 Å². The van der Waals surface area contributed by atoms with Crippen molar-refractivity contribution in [1.29, 1.82) is 0 Å². The summed E-state index contributed by atoms with van der Waals surface area (Å²) in [5.74, 6) is 0. The van der Waals surface area contributed by atoms with Crippen molar-refractivity contribution in [3.63, 3.8) is 0 Å². The van der Waals surface area contributed by atoms with E-state index in [0.29, 0.717) is 0 Å². The lowest BCUT2D eigenvalue weighted by molar-refractivity contribution is 0.118. The number of rotatable bonds is 1. The molecule has 78 valence electrons. The van der Waals surface area contributed by atoms with Crippen molar-refractivity contribution in [3.05, 3.63) is 0 Å². The van der Waals surface area contributed by atoms with Gasteiger partial charge in [-0.15, -0.1) is 0 Å². The Morgan fingerprint density at radius 2 is 2.15 bits per heavy atom. The van der Waals surface area contributed by atoms with E-state index in [1.165, 1.54) is 6.42 Å². The zero-order chi connectivity index (χ0) is 9.90. The van der Waals surface area contributed by atoms with Crippen LogP contribution in [0.4, 0.5) is 0 Å². The smallest absolute Gasteiger partial charge is 0.0597 e. The lowest BCUT2D eigenvalue weighted by Gasteiger charge is -2.36. The van der Waals surface area contributed by atoms with Crippen LogP contribution in [0.5, 0.6) is 0 Å². The second-order valence-electron chi connectivity index (χ2n) is 4.80. The van der Waals surface area contributed by atoms with Crippen LogP contribution in [0.3, 0.4) is 0 Å². The Kier molecular flexibility index (Phi) is 3.71. The molecule has 0 aromatic heterocycles. The third kappa shape index (κ3) is 3.25. The minimum absolute atomic E-state index is 0.222. The third-order valence-electron chi connectivity index (χ3n) is 2.65. The lowest BCUT2D eigenvalue weighted by Crippen LogP contribution is -2.47. The van der Waals surface area contributed by atoms with Gasteiger partial charge in [-0.3, -0.25) is 4.90 Å². The molecule has 0 aromatic rings. The minimum atomic E-state index is 0.222. The SMILES string of the molecule is CC(C)(C)N1CCCNC(CO)C1. The lowest BCUT2D eigenvalue weighted by atomic mass is 10.1. The Balaban J connectivity index is 2.54. The molecule has 1 fully saturated rings. The molecule has 0 aliphatic carbocycles. The summed E-state index contributed by atoms with van der Waals surface area (Å²) in [6, 6.07) is 0.252. The van der Waals surface area contributed by atoms with Gasteiger partial charge < -0.3 is 10.4 Å². The number of aliphatic hydroxyl groups is 1. The molecule has 1 atom stereocenters. The van der Waals surface area contributed by atoms with Crippen molar-refractivity contribution in [2.75, 3.05) is 26.2 Å². The summed E-state index contributed by atoms with van der Waals surface area (Å²) < 4.78 is 0. The normalized spacial score (nSPS) is 27.2. The first-order valence-electron chi connectivity index (χ1n) is 5.13. The van der Waals surface area contributed by atoms with Crippen molar-refractivity contribution in [2.45, 2.75) is 38.8 Å². The zero-order valence-corrected chi connectivity index (χ0v) is 9.01. The molecule has 2 N–H and O–H groups in total. The van der Waals surface area contributed by atoms with Crippen LogP contribution >= 0.6 is 0 Å². The van der Waals surface area contributed by atoms with Crippen LogP contribution in [-0.2, 0) is 0 Å². The molecule has 1 aliphatic rings. The van der Waals surface area contributed by atoms with Crippen molar-refractivity contribution in [1.82, 2.24) is 10.2 Å². The van der Waals surface area contributed by atoms with Gasteiger partial charge in [0.1, 0.15) is 0 Å². The maximum atomic E-state index is 9.11. The highest BCUT2D eigenvalue weighted by Crippen LogP contribution is 2.15. The fourth-order valence-electron chi connectivity index (χ4n) is 1.73. The van der Waals surface area contributed by atoms with E-state index in [1.807, 2.05) is 0 Å². The molecule has 1 rings (SSSR count). The highest BCUT2D eigenvalue weighted by Gasteiger charge is 2.25. The van der Waals surface area contributed by atoms with Gasteiger partial charge in [0.25, 0.3) is 0 Å². The van der Waals surface area contributed by atoms with E-state index < -0.39 is 0 Å². The first kappa shape index (κ1) is 11.0. The predicted molar refractivity (Wildman–Crippen MR) is 54.8 cm³/mol. The maximum absolute atomic E-state index is 9.11. The molecule has 1 saturated heterocycles. The van der Waals surface area contributed by atoms with E-state index in [9.17, 15) is 0 Å². The van der Waals surface area contributed by atoms with Gasteiger partial charge in [-0.1, -0.05) is 0 Å². The molecule has 0 aromatic carbocycles. The summed E-state index contributed by atoms with van der Waals surface area (Å²) in [7, 11) is 0. The molecule has 1 aliphatic heterocycles. The second kappa shape index (κ2) is 4.40. The quantitative estimate of drug-likeness (QED) is 0.624. The van der Waals surface area contributed by atoms with Crippen LogP contribution in [-0.4, -0.2) is 47.8 Å². The summed E-state index contributed by atoms with van der Waals surface area (Å²) in [6.07, 6.45) is 1.17. The Labute approximate surface area is 81.1 Å². The second-order valence-corrected chi connectivity index (χ2v) is 4.80. The van der Waals surface area contributed by atoms with E-state index in [0.717, 1.165) is 19.6 Å². The minimum Gasteiger partial charge on any atom is -0.395 e. The molecule has 0 amide bonds. The molecule has 1 heterocycles. The molecular formula is C10H22N2O. The fourth-order valence-corrected chi connectivity index (χ4v) is 1.73. The van der Waals surface area contributed by atoms with Crippen molar-refractivity contribution in [3.8, 4) is 0 Å². The molecule has 3 heteroatoms. The monoisotopic (exact) mass is 186 g/mol. The topological polar surface area (TPSA) is 35.5 Å². The van der Waals surface area contributed by atoms with Crippen LogP contribution in [0.25, 0.3) is 0 Å². The van der Waals surface area contributed by atoms with Gasteiger partial charge in [0, 0.05) is 18.1 Å². The van der Waals surface area contributed by atoms with Crippen LogP contribution in [0.15, 0.2) is 0 Å². The highest BCUT2D eigenvalue weighted by molar-refractivity contribution is 4.83. The molecule has 3 nitrogen and oxygen atoms in total. The average Bonchev–Trinajstić information content (AvgIpc) is 2.27.